The quantitative estimate of drug-likeness (QED) is 0.824. The molecular formula is C18H28N2O4. The summed E-state index contributed by atoms with van der Waals surface area (Å²) in [7, 11) is 3.14. The summed E-state index contributed by atoms with van der Waals surface area (Å²) in [5.74, 6) is 0.347. The summed E-state index contributed by atoms with van der Waals surface area (Å²) in [6, 6.07) is 4.76. The highest BCUT2D eigenvalue weighted by Crippen LogP contribution is 2.34. The van der Waals surface area contributed by atoms with Crippen molar-refractivity contribution in [1.29, 1.82) is 0 Å². The van der Waals surface area contributed by atoms with Gasteiger partial charge in [-0.1, -0.05) is 6.92 Å². The van der Waals surface area contributed by atoms with Crippen molar-refractivity contribution in [2.24, 2.45) is 0 Å². The molecule has 1 aromatic rings. The number of hydrogen-bond donors (Lipinski definition) is 1. The Morgan fingerprint density at radius 3 is 2.62 bits per heavy atom. The first-order valence-electron chi connectivity index (χ1n) is 8.44. The van der Waals surface area contributed by atoms with Crippen LogP contribution in [0.4, 0.5) is 0 Å². The molecule has 0 aromatic heterocycles. The Hall–Kier alpha value is -1.79. The van der Waals surface area contributed by atoms with Crippen LogP contribution >= 0.6 is 0 Å². The molecule has 0 aliphatic carbocycles. The topological polar surface area (TPSA) is 62.2 Å². The zero-order valence-electron chi connectivity index (χ0n) is 15.0. The molecule has 2 rings (SSSR count). The van der Waals surface area contributed by atoms with Crippen LogP contribution in [0.15, 0.2) is 18.2 Å². The maximum Gasteiger partial charge on any atom is 0.325 e. The number of benzene rings is 1. The number of carboxylic acids is 1. The van der Waals surface area contributed by atoms with Crippen molar-refractivity contribution >= 4 is 5.97 Å². The SMILES string of the molecule is CCCN1CCN(C(C(=O)O)c2ccc(OC)cc2OC)C(C)C1. The molecule has 0 amide bonds. The molecule has 6 nitrogen and oxygen atoms in total. The van der Waals surface area contributed by atoms with E-state index in [4.69, 9.17) is 9.47 Å². The van der Waals surface area contributed by atoms with E-state index in [1.165, 1.54) is 0 Å². The Bertz CT molecular complexity index is 564. The van der Waals surface area contributed by atoms with Gasteiger partial charge in [0.15, 0.2) is 0 Å². The lowest BCUT2D eigenvalue weighted by Crippen LogP contribution is -2.54. The van der Waals surface area contributed by atoms with E-state index in [-0.39, 0.29) is 6.04 Å². The zero-order chi connectivity index (χ0) is 17.7. The third-order valence-electron chi connectivity index (χ3n) is 4.60. The molecule has 6 heteroatoms. The molecule has 0 saturated carbocycles. The molecule has 0 radical (unpaired) electrons. The highest BCUT2D eigenvalue weighted by Gasteiger charge is 2.36. The zero-order valence-corrected chi connectivity index (χ0v) is 15.0. The Labute approximate surface area is 144 Å². The summed E-state index contributed by atoms with van der Waals surface area (Å²) in [6.45, 7) is 7.82. The summed E-state index contributed by atoms with van der Waals surface area (Å²) >= 11 is 0. The monoisotopic (exact) mass is 336 g/mol. The molecule has 0 bridgehead atoms. The van der Waals surface area contributed by atoms with Crippen molar-refractivity contribution < 1.29 is 19.4 Å². The first-order chi connectivity index (χ1) is 11.5. The third-order valence-corrected chi connectivity index (χ3v) is 4.60. The molecule has 2 atom stereocenters. The lowest BCUT2D eigenvalue weighted by Gasteiger charge is -2.42. The lowest BCUT2D eigenvalue weighted by atomic mass is 10.0. The van der Waals surface area contributed by atoms with Crippen LogP contribution in [-0.4, -0.2) is 67.3 Å². The van der Waals surface area contributed by atoms with Gasteiger partial charge in [-0.15, -0.1) is 0 Å². The minimum Gasteiger partial charge on any atom is -0.497 e. The van der Waals surface area contributed by atoms with Crippen molar-refractivity contribution in [3.05, 3.63) is 23.8 Å². The van der Waals surface area contributed by atoms with E-state index < -0.39 is 12.0 Å². The number of rotatable bonds is 7. The molecule has 1 aromatic carbocycles. The molecule has 1 aliphatic rings. The van der Waals surface area contributed by atoms with Gasteiger partial charge in [0.05, 0.1) is 14.2 Å². The van der Waals surface area contributed by atoms with Gasteiger partial charge in [0, 0.05) is 37.3 Å². The Kier molecular flexibility index (Phi) is 6.45. The van der Waals surface area contributed by atoms with Gasteiger partial charge in [0.1, 0.15) is 17.5 Å². The van der Waals surface area contributed by atoms with E-state index >= 15 is 0 Å². The second-order valence-electron chi connectivity index (χ2n) is 6.24. The van der Waals surface area contributed by atoms with Gasteiger partial charge in [-0.3, -0.25) is 9.69 Å². The lowest BCUT2D eigenvalue weighted by molar-refractivity contribution is -0.145. The number of ether oxygens (including phenoxy) is 2. The van der Waals surface area contributed by atoms with Crippen molar-refractivity contribution in [1.82, 2.24) is 9.80 Å². The number of hydrogen-bond acceptors (Lipinski definition) is 5. The van der Waals surface area contributed by atoms with Crippen LogP contribution < -0.4 is 9.47 Å². The highest BCUT2D eigenvalue weighted by molar-refractivity contribution is 5.77. The van der Waals surface area contributed by atoms with E-state index in [2.05, 4.69) is 23.6 Å². The number of nitrogens with zero attached hydrogens (tertiary/aromatic N) is 2. The molecule has 0 spiro atoms. The Balaban J connectivity index is 2.29. The second kappa shape index (κ2) is 8.35. The minimum absolute atomic E-state index is 0.165. The Morgan fingerprint density at radius 1 is 1.33 bits per heavy atom. The molecule has 1 heterocycles. The average Bonchev–Trinajstić information content (AvgIpc) is 2.57. The van der Waals surface area contributed by atoms with Crippen LogP contribution in [0.25, 0.3) is 0 Å². The maximum absolute atomic E-state index is 12.0. The van der Waals surface area contributed by atoms with Crippen LogP contribution in [0.1, 0.15) is 31.9 Å². The third kappa shape index (κ3) is 3.99. The average molecular weight is 336 g/mol. The molecule has 1 saturated heterocycles. The Morgan fingerprint density at radius 2 is 2.08 bits per heavy atom. The summed E-state index contributed by atoms with van der Waals surface area (Å²) in [4.78, 5) is 16.5. The van der Waals surface area contributed by atoms with Crippen molar-refractivity contribution in [2.75, 3.05) is 40.4 Å². The van der Waals surface area contributed by atoms with Crippen LogP contribution in [0.2, 0.25) is 0 Å². The minimum atomic E-state index is -0.853. The van der Waals surface area contributed by atoms with Crippen LogP contribution in [0.3, 0.4) is 0 Å². The van der Waals surface area contributed by atoms with E-state index in [0.717, 1.165) is 32.6 Å². The molecule has 1 aliphatic heterocycles. The first kappa shape index (κ1) is 18.5. The molecular weight excluding hydrogens is 308 g/mol. The van der Waals surface area contributed by atoms with Gasteiger partial charge in [-0.25, -0.2) is 0 Å². The van der Waals surface area contributed by atoms with Crippen molar-refractivity contribution in [3.8, 4) is 11.5 Å². The van der Waals surface area contributed by atoms with E-state index in [1.807, 2.05) is 0 Å². The normalized spacial score (nSPS) is 20.6. The smallest absolute Gasteiger partial charge is 0.325 e. The van der Waals surface area contributed by atoms with E-state index in [9.17, 15) is 9.90 Å². The number of carbonyl (C=O) groups is 1. The summed E-state index contributed by atoms with van der Waals surface area (Å²) < 4.78 is 10.6. The number of aliphatic carboxylic acids is 1. The van der Waals surface area contributed by atoms with Gasteiger partial charge in [0.2, 0.25) is 0 Å². The molecule has 1 fully saturated rings. The van der Waals surface area contributed by atoms with E-state index in [0.29, 0.717) is 17.1 Å². The number of carboxylic acid groups (broad SMARTS) is 1. The maximum atomic E-state index is 12.0. The van der Waals surface area contributed by atoms with Gasteiger partial charge in [-0.05, 0) is 32.0 Å². The van der Waals surface area contributed by atoms with Crippen LogP contribution in [-0.2, 0) is 4.79 Å². The fourth-order valence-electron chi connectivity index (χ4n) is 3.45. The van der Waals surface area contributed by atoms with Gasteiger partial charge < -0.3 is 19.5 Å². The van der Waals surface area contributed by atoms with Crippen molar-refractivity contribution in [3.63, 3.8) is 0 Å². The van der Waals surface area contributed by atoms with E-state index in [1.54, 1.807) is 32.4 Å². The summed E-state index contributed by atoms with van der Waals surface area (Å²) in [6.07, 6.45) is 1.11. The summed E-state index contributed by atoms with van der Waals surface area (Å²) in [5.41, 5.74) is 0.668. The van der Waals surface area contributed by atoms with Gasteiger partial charge >= 0.3 is 5.97 Å². The molecule has 1 N–H and O–H groups in total. The van der Waals surface area contributed by atoms with Crippen LogP contribution in [0.5, 0.6) is 11.5 Å². The second-order valence-corrected chi connectivity index (χ2v) is 6.24. The van der Waals surface area contributed by atoms with Gasteiger partial charge in [0.25, 0.3) is 0 Å². The van der Waals surface area contributed by atoms with Crippen LogP contribution in [0, 0.1) is 0 Å². The number of piperazine rings is 1. The molecule has 134 valence electrons. The molecule has 24 heavy (non-hydrogen) atoms. The molecule has 2 unspecified atom stereocenters. The van der Waals surface area contributed by atoms with Crippen molar-refractivity contribution in [2.45, 2.75) is 32.4 Å². The highest BCUT2D eigenvalue weighted by atomic mass is 16.5. The predicted octanol–water partition coefficient (Wildman–Crippen LogP) is 2.25. The number of methoxy groups -OCH3 is 2. The van der Waals surface area contributed by atoms with Gasteiger partial charge in [-0.2, -0.15) is 0 Å². The fraction of sp³-hybridized carbons (Fsp3) is 0.611. The predicted molar refractivity (Wildman–Crippen MR) is 92.8 cm³/mol. The largest absolute Gasteiger partial charge is 0.497 e. The fourth-order valence-corrected chi connectivity index (χ4v) is 3.45. The summed E-state index contributed by atoms with van der Waals surface area (Å²) in [5, 5.41) is 9.87. The standard InChI is InChI=1S/C18H28N2O4/c1-5-8-19-9-10-20(13(2)12-19)17(18(21)22)15-7-6-14(23-3)11-16(15)24-4/h6-7,11,13,17H,5,8-10,12H2,1-4H3,(H,21,22). The first-order valence-corrected chi connectivity index (χ1v) is 8.44.